The van der Waals surface area contributed by atoms with E-state index in [-0.39, 0.29) is 11.9 Å². The highest BCUT2D eigenvalue weighted by atomic mass is 16.5. The molecule has 1 amide bonds. The van der Waals surface area contributed by atoms with Gasteiger partial charge >= 0.3 is 0 Å². The van der Waals surface area contributed by atoms with Gasteiger partial charge in [-0.2, -0.15) is 0 Å². The summed E-state index contributed by atoms with van der Waals surface area (Å²) in [6, 6.07) is 14.7. The van der Waals surface area contributed by atoms with Crippen molar-refractivity contribution in [3.05, 3.63) is 76.7 Å². The maximum absolute atomic E-state index is 12.6. The van der Waals surface area contributed by atoms with E-state index in [0.29, 0.717) is 23.1 Å². The van der Waals surface area contributed by atoms with Crippen molar-refractivity contribution >= 4 is 5.91 Å². The van der Waals surface area contributed by atoms with E-state index in [0.717, 1.165) is 27.9 Å². The Balaban J connectivity index is 1.48. The zero-order valence-corrected chi connectivity index (χ0v) is 17.3. The summed E-state index contributed by atoms with van der Waals surface area (Å²) in [5.41, 5.74) is 4.98. The third kappa shape index (κ3) is 3.87. The fourth-order valence-corrected chi connectivity index (χ4v) is 3.38. The van der Waals surface area contributed by atoms with Crippen molar-refractivity contribution in [3.8, 4) is 22.9 Å². The third-order valence-electron chi connectivity index (χ3n) is 4.99. The molecule has 0 aliphatic rings. The fourth-order valence-electron chi connectivity index (χ4n) is 3.38. The summed E-state index contributed by atoms with van der Waals surface area (Å²) in [5.74, 6) is 1.39. The lowest BCUT2D eigenvalue weighted by molar-refractivity contribution is 0.0939. The maximum atomic E-state index is 12.6. The number of amides is 1. The van der Waals surface area contributed by atoms with Crippen LogP contribution in [0.25, 0.3) is 22.9 Å². The lowest BCUT2D eigenvalue weighted by atomic mass is 10.1. The number of benzene rings is 2. The summed E-state index contributed by atoms with van der Waals surface area (Å²) in [6.45, 7) is 7.63. The van der Waals surface area contributed by atoms with E-state index >= 15 is 0 Å². The third-order valence-corrected chi connectivity index (χ3v) is 4.99. The quantitative estimate of drug-likeness (QED) is 0.515. The van der Waals surface area contributed by atoms with Gasteiger partial charge in [0.15, 0.2) is 0 Å². The van der Waals surface area contributed by atoms with Gasteiger partial charge < -0.3 is 14.3 Å². The van der Waals surface area contributed by atoms with Gasteiger partial charge in [0.25, 0.3) is 5.91 Å². The molecule has 0 unspecified atom stereocenters. The number of nitrogens with one attached hydrogen (secondary N) is 1. The second kappa shape index (κ2) is 7.94. The van der Waals surface area contributed by atoms with E-state index in [1.165, 1.54) is 0 Å². The standard InChI is InChI=1S/C23H22N4O3/c1-13-5-7-18(8-6-13)22-25-26-23(29-22)19-11-9-17(10-12-19)21(28)24-14(2)20-15(3)27-30-16(20)4/h5-12,14H,1-4H3,(H,24,28)/t14-/m0/s1. The van der Waals surface area contributed by atoms with E-state index in [1.54, 1.807) is 24.3 Å². The van der Waals surface area contributed by atoms with Gasteiger partial charge in [0.2, 0.25) is 11.8 Å². The molecule has 0 bridgehead atoms. The van der Waals surface area contributed by atoms with Gasteiger partial charge in [0.1, 0.15) is 5.76 Å². The van der Waals surface area contributed by atoms with Crippen LogP contribution < -0.4 is 5.32 Å². The van der Waals surface area contributed by atoms with Gasteiger partial charge in [0, 0.05) is 22.3 Å². The van der Waals surface area contributed by atoms with E-state index in [1.807, 2.05) is 52.0 Å². The Morgan fingerprint density at radius 1 is 0.900 bits per heavy atom. The molecule has 4 aromatic rings. The molecule has 1 N–H and O–H groups in total. The Kier molecular flexibility index (Phi) is 5.18. The van der Waals surface area contributed by atoms with Crippen LogP contribution in [0.5, 0.6) is 0 Å². The highest BCUT2D eigenvalue weighted by Gasteiger charge is 2.19. The molecule has 7 heteroatoms. The lowest BCUT2D eigenvalue weighted by Crippen LogP contribution is -2.27. The monoisotopic (exact) mass is 402 g/mol. The van der Waals surface area contributed by atoms with Gasteiger partial charge in [-0.3, -0.25) is 4.79 Å². The Morgan fingerprint density at radius 2 is 1.47 bits per heavy atom. The average Bonchev–Trinajstić information content (AvgIpc) is 3.35. The van der Waals surface area contributed by atoms with Gasteiger partial charge in [-0.05, 0) is 64.1 Å². The maximum Gasteiger partial charge on any atom is 0.251 e. The van der Waals surface area contributed by atoms with Crippen LogP contribution in [-0.2, 0) is 0 Å². The first-order chi connectivity index (χ1) is 14.4. The van der Waals surface area contributed by atoms with Crippen molar-refractivity contribution < 1.29 is 13.7 Å². The summed E-state index contributed by atoms with van der Waals surface area (Å²) < 4.78 is 11.0. The molecule has 30 heavy (non-hydrogen) atoms. The number of aryl methyl sites for hydroxylation is 3. The first-order valence-corrected chi connectivity index (χ1v) is 9.67. The average molecular weight is 402 g/mol. The summed E-state index contributed by atoms with van der Waals surface area (Å²) in [5, 5.41) is 15.2. The Hall–Kier alpha value is -3.74. The Labute approximate surface area is 174 Å². The van der Waals surface area contributed by atoms with Crippen molar-refractivity contribution in [1.82, 2.24) is 20.7 Å². The van der Waals surface area contributed by atoms with Crippen LogP contribution in [0.2, 0.25) is 0 Å². The summed E-state index contributed by atoms with van der Waals surface area (Å²) in [4.78, 5) is 12.6. The molecule has 0 aliphatic heterocycles. The van der Waals surface area contributed by atoms with E-state index in [9.17, 15) is 4.79 Å². The molecule has 0 radical (unpaired) electrons. The number of hydrogen-bond donors (Lipinski definition) is 1. The molecule has 0 saturated heterocycles. The SMILES string of the molecule is Cc1ccc(-c2nnc(-c3ccc(C(=O)N[C@@H](C)c4c(C)noc4C)cc3)o2)cc1. The van der Waals surface area contributed by atoms with Crippen molar-refractivity contribution in [2.45, 2.75) is 33.7 Å². The molecule has 4 rings (SSSR count). The van der Waals surface area contributed by atoms with Crippen LogP contribution in [0, 0.1) is 20.8 Å². The number of carbonyl (C=O) groups excluding carboxylic acids is 1. The van der Waals surface area contributed by atoms with Gasteiger partial charge in [-0.25, -0.2) is 0 Å². The minimum Gasteiger partial charge on any atom is -0.416 e. The molecule has 7 nitrogen and oxygen atoms in total. The van der Waals surface area contributed by atoms with Crippen LogP contribution in [0.4, 0.5) is 0 Å². The normalized spacial score (nSPS) is 12.0. The minimum absolute atomic E-state index is 0.181. The first kappa shape index (κ1) is 19.6. The topological polar surface area (TPSA) is 94.1 Å². The number of rotatable bonds is 5. The molecule has 152 valence electrons. The zero-order chi connectivity index (χ0) is 21.3. The molecule has 0 aliphatic carbocycles. The molecule has 1 atom stereocenters. The van der Waals surface area contributed by atoms with E-state index in [4.69, 9.17) is 8.94 Å². The van der Waals surface area contributed by atoms with Crippen LogP contribution in [0.15, 0.2) is 57.5 Å². The van der Waals surface area contributed by atoms with Gasteiger partial charge in [-0.1, -0.05) is 22.9 Å². The van der Waals surface area contributed by atoms with Crippen molar-refractivity contribution in [2.75, 3.05) is 0 Å². The number of hydrogen-bond acceptors (Lipinski definition) is 6. The molecule has 2 heterocycles. The predicted molar refractivity (Wildman–Crippen MR) is 112 cm³/mol. The highest BCUT2D eigenvalue weighted by molar-refractivity contribution is 5.94. The van der Waals surface area contributed by atoms with Crippen LogP contribution in [0.1, 0.15) is 45.9 Å². The predicted octanol–water partition coefficient (Wildman–Crippen LogP) is 4.81. The molecular formula is C23H22N4O3. The second-order valence-corrected chi connectivity index (χ2v) is 7.29. The lowest BCUT2D eigenvalue weighted by Gasteiger charge is -2.13. The second-order valence-electron chi connectivity index (χ2n) is 7.29. The largest absolute Gasteiger partial charge is 0.416 e. The molecule has 0 saturated carbocycles. The zero-order valence-electron chi connectivity index (χ0n) is 17.3. The fraction of sp³-hybridized carbons (Fsp3) is 0.217. The molecular weight excluding hydrogens is 380 g/mol. The summed E-state index contributed by atoms with van der Waals surface area (Å²) in [6.07, 6.45) is 0. The van der Waals surface area contributed by atoms with Crippen molar-refractivity contribution in [3.63, 3.8) is 0 Å². The first-order valence-electron chi connectivity index (χ1n) is 9.67. The van der Waals surface area contributed by atoms with Gasteiger partial charge in [0.05, 0.1) is 11.7 Å². The number of aromatic nitrogens is 3. The molecule has 0 fully saturated rings. The van der Waals surface area contributed by atoms with Crippen LogP contribution in [-0.4, -0.2) is 21.3 Å². The molecule has 2 aromatic carbocycles. The van der Waals surface area contributed by atoms with Crippen molar-refractivity contribution in [1.29, 1.82) is 0 Å². The Morgan fingerprint density at radius 3 is 2.00 bits per heavy atom. The minimum atomic E-state index is -0.212. The number of carbonyl (C=O) groups is 1. The van der Waals surface area contributed by atoms with Crippen molar-refractivity contribution in [2.24, 2.45) is 0 Å². The summed E-state index contributed by atoms with van der Waals surface area (Å²) >= 11 is 0. The highest BCUT2D eigenvalue weighted by Crippen LogP contribution is 2.25. The van der Waals surface area contributed by atoms with Crippen LogP contribution in [0.3, 0.4) is 0 Å². The van der Waals surface area contributed by atoms with Crippen LogP contribution >= 0.6 is 0 Å². The molecule has 2 aromatic heterocycles. The summed E-state index contributed by atoms with van der Waals surface area (Å²) in [7, 11) is 0. The van der Waals surface area contributed by atoms with Gasteiger partial charge in [-0.15, -0.1) is 10.2 Å². The molecule has 0 spiro atoms. The Bertz CT molecular complexity index is 1150. The van der Waals surface area contributed by atoms with E-state index < -0.39 is 0 Å². The smallest absolute Gasteiger partial charge is 0.251 e. The number of nitrogens with zero attached hydrogens (tertiary/aromatic N) is 3. The van der Waals surface area contributed by atoms with E-state index in [2.05, 4.69) is 20.7 Å².